The Balaban J connectivity index is 2.29. The molecule has 0 bridgehead atoms. The molecule has 0 saturated heterocycles. The number of allylic oxidation sites excluding steroid dienone is 1. The lowest BCUT2D eigenvalue weighted by atomic mass is 10.1. The molecular formula is C17H17NO4. The molecule has 2 aromatic rings. The van der Waals surface area contributed by atoms with E-state index in [2.05, 4.69) is 4.98 Å². The minimum absolute atomic E-state index is 0.101. The highest BCUT2D eigenvalue weighted by Gasteiger charge is 2.12. The second-order valence-corrected chi connectivity index (χ2v) is 4.39. The van der Waals surface area contributed by atoms with Crippen molar-refractivity contribution in [1.82, 2.24) is 4.98 Å². The van der Waals surface area contributed by atoms with E-state index in [0.29, 0.717) is 22.8 Å². The van der Waals surface area contributed by atoms with E-state index < -0.39 is 0 Å². The molecule has 0 saturated carbocycles. The van der Waals surface area contributed by atoms with Gasteiger partial charge in [-0.1, -0.05) is 6.08 Å². The lowest BCUT2D eigenvalue weighted by molar-refractivity contribution is 0.104. The average Bonchev–Trinajstić information content (AvgIpc) is 2.59. The van der Waals surface area contributed by atoms with E-state index in [0.717, 1.165) is 5.56 Å². The van der Waals surface area contributed by atoms with Crippen molar-refractivity contribution in [2.24, 2.45) is 0 Å². The third kappa shape index (κ3) is 3.44. The van der Waals surface area contributed by atoms with Crippen LogP contribution in [0.4, 0.5) is 0 Å². The molecule has 0 aliphatic heterocycles. The smallest absolute Gasteiger partial charge is 0.203 e. The highest BCUT2D eigenvalue weighted by atomic mass is 16.5. The number of ketones is 1. The summed E-state index contributed by atoms with van der Waals surface area (Å²) in [4.78, 5) is 15.9. The molecule has 5 heteroatoms. The van der Waals surface area contributed by atoms with E-state index >= 15 is 0 Å². The largest absolute Gasteiger partial charge is 0.493 e. The summed E-state index contributed by atoms with van der Waals surface area (Å²) in [7, 11) is 4.64. The first kappa shape index (κ1) is 15.6. The lowest BCUT2D eigenvalue weighted by Crippen LogP contribution is -1.96. The minimum Gasteiger partial charge on any atom is -0.493 e. The molecule has 0 fully saturated rings. The number of pyridine rings is 1. The van der Waals surface area contributed by atoms with Crippen molar-refractivity contribution in [2.75, 3.05) is 21.3 Å². The molecule has 114 valence electrons. The molecule has 0 N–H and O–H groups in total. The molecule has 5 nitrogen and oxygen atoms in total. The maximum absolute atomic E-state index is 12.0. The van der Waals surface area contributed by atoms with Crippen LogP contribution in [0.25, 0.3) is 6.08 Å². The van der Waals surface area contributed by atoms with E-state index in [1.54, 1.807) is 64.1 Å². The summed E-state index contributed by atoms with van der Waals surface area (Å²) in [5.74, 6) is 1.49. The summed E-state index contributed by atoms with van der Waals surface area (Å²) in [6, 6.07) is 6.89. The number of hydrogen-bond acceptors (Lipinski definition) is 5. The van der Waals surface area contributed by atoms with Gasteiger partial charge in [0.1, 0.15) is 0 Å². The Bertz CT molecular complexity index is 655. The van der Waals surface area contributed by atoms with Gasteiger partial charge in [0, 0.05) is 18.0 Å². The van der Waals surface area contributed by atoms with Gasteiger partial charge in [0.15, 0.2) is 17.3 Å². The van der Waals surface area contributed by atoms with E-state index in [1.165, 1.54) is 6.08 Å². The zero-order chi connectivity index (χ0) is 15.9. The van der Waals surface area contributed by atoms with Crippen LogP contribution in [-0.4, -0.2) is 32.1 Å². The van der Waals surface area contributed by atoms with Gasteiger partial charge in [-0.25, -0.2) is 0 Å². The molecule has 2 rings (SSSR count). The van der Waals surface area contributed by atoms with Crippen LogP contribution < -0.4 is 14.2 Å². The maximum Gasteiger partial charge on any atom is 0.203 e. The third-order valence-electron chi connectivity index (χ3n) is 3.08. The summed E-state index contributed by atoms with van der Waals surface area (Å²) in [5, 5.41) is 0. The molecule has 0 aliphatic rings. The average molecular weight is 299 g/mol. The van der Waals surface area contributed by atoms with E-state index in [9.17, 15) is 4.79 Å². The Morgan fingerprint density at radius 1 is 1.00 bits per heavy atom. The molecule has 1 aromatic heterocycles. The number of rotatable bonds is 6. The van der Waals surface area contributed by atoms with E-state index in [1.807, 2.05) is 0 Å². The third-order valence-corrected chi connectivity index (χ3v) is 3.08. The highest BCUT2D eigenvalue weighted by Crippen LogP contribution is 2.38. The Hall–Kier alpha value is -2.82. The molecule has 1 heterocycles. The van der Waals surface area contributed by atoms with Crippen molar-refractivity contribution in [3.63, 3.8) is 0 Å². The Morgan fingerprint density at radius 3 is 2.09 bits per heavy atom. The fourth-order valence-electron chi connectivity index (χ4n) is 1.98. The number of benzene rings is 1. The van der Waals surface area contributed by atoms with Gasteiger partial charge in [0.25, 0.3) is 0 Å². The highest BCUT2D eigenvalue weighted by molar-refractivity contribution is 6.06. The standard InChI is InChI=1S/C17H17NO4/c1-20-15-10-12(11-16(21-2)17(15)22-3)4-5-14(19)13-6-8-18-9-7-13/h4-11H,1-3H3/b5-4-. The summed E-state index contributed by atoms with van der Waals surface area (Å²) in [6.45, 7) is 0. The molecule has 0 atom stereocenters. The van der Waals surface area contributed by atoms with Crippen molar-refractivity contribution in [1.29, 1.82) is 0 Å². The first-order valence-electron chi connectivity index (χ1n) is 6.62. The fourth-order valence-corrected chi connectivity index (χ4v) is 1.98. The summed E-state index contributed by atoms with van der Waals surface area (Å²) in [5.41, 5.74) is 1.36. The van der Waals surface area contributed by atoms with Gasteiger partial charge in [0.2, 0.25) is 5.75 Å². The Labute approximate surface area is 129 Å². The van der Waals surface area contributed by atoms with Gasteiger partial charge < -0.3 is 14.2 Å². The summed E-state index contributed by atoms with van der Waals surface area (Å²) in [6.07, 6.45) is 6.37. The van der Waals surface area contributed by atoms with Crippen LogP contribution in [0.2, 0.25) is 0 Å². The number of carbonyl (C=O) groups is 1. The van der Waals surface area contributed by atoms with Crippen LogP contribution >= 0.6 is 0 Å². The second kappa shape index (κ2) is 7.26. The monoisotopic (exact) mass is 299 g/mol. The predicted octanol–water partition coefficient (Wildman–Crippen LogP) is 3.00. The second-order valence-electron chi connectivity index (χ2n) is 4.39. The molecule has 0 amide bonds. The van der Waals surface area contributed by atoms with E-state index in [-0.39, 0.29) is 5.78 Å². The molecule has 1 aromatic carbocycles. The fraction of sp³-hybridized carbons (Fsp3) is 0.176. The minimum atomic E-state index is -0.101. The van der Waals surface area contributed by atoms with Crippen molar-refractivity contribution in [3.05, 3.63) is 53.9 Å². The van der Waals surface area contributed by atoms with Gasteiger partial charge in [-0.3, -0.25) is 9.78 Å². The van der Waals surface area contributed by atoms with Crippen LogP contribution in [0, 0.1) is 0 Å². The Kier molecular flexibility index (Phi) is 5.14. The molecule has 0 spiro atoms. The van der Waals surface area contributed by atoms with Gasteiger partial charge in [0.05, 0.1) is 21.3 Å². The topological polar surface area (TPSA) is 57.7 Å². The van der Waals surface area contributed by atoms with Crippen molar-refractivity contribution in [3.8, 4) is 17.2 Å². The number of nitrogens with zero attached hydrogens (tertiary/aromatic N) is 1. The maximum atomic E-state index is 12.0. The van der Waals surface area contributed by atoms with Gasteiger partial charge in [-0.05, 0) is 35.9 Å². The van der Waals surface area contributed by atoms with Gasteiger partial charge in [-0.15, -0.1) is 0 Å². The molecule has 0 unspecified atom stereocenters. The zero-order valence-electron chi connectivity index (χ0n) is 12.7. The number of ether oxygens (including phenoxy) is 3. The van der Waals surface area contributed by atoms with Crippen molar-refractivity contribution >= 4 is 11.9 Å². The van der Waals surface area contributed by atoms with E-state index in [4.69, 9.17) is 14.2 Å². The number of carbonyl (C=O) groups excluding carboxylic acids is 1. The van der Waals surface area contributed by atoms with Crippen LogP contribution in [0.3, 0.4) is 0 Å². The van der Waals surface area contributed by atoms with Crippen molar-refractivity contribution in [2.45, 2.75) is 0 Å². The van der Waals surface area contributed by atoms with Crippen LogP contribution in [0.5, 0.6) is 17.2 Å². The van der Waals surface area contributed by atoms with Crippen LogP contribution in [-0.2, 0) is 0 Å². The van der Waals surface area contributed by atoms with Gasteiger partial charge in [-0.2, -0.15) is 0 Å². The molecule has 0 aliphatic carbocycles. The van der Waals surface area contributed by atoms with Gasteiger partial charge >= 0.3 is 0 Å². The van der Waals surface area contributed by atoms with Crippen molar-refractivity contribution < 1.29 is 19.0 Å². The summed E-state index contributed by atoms with van der Waals surface area (Å²) < 4.78 is 15.8. The quantitative estimate of drug-likeness (QED) is 0.606. The summed E-state index contributed by atoms with van der Waals surface area (Å²) >= 11 is 0. The van der Waals surface area contributed by atoms with Crippen LogP contribution in [0.15, 0.2) is 42.7 Å². The first-order chi connectivity index (χ1) is 10.7. The molecular weight excluding hydrogens is 282 g/mol. The first-order valence-corrected chi connectivity index (χ1v) is 6.62. The number of methoxy groups -OCH3 is 3. The molecule has 0 radical (unpaired) electrons. The lowest BCUT2D eigenvalue weighted by Gasteiger charge is -2.12. The predicted molar refractivity (Wildman–Crippen MR) is 83.7 cm³/mol. The normalized spacial score (nSPS) is 10.5. The number of hydrogen-bond donors (Lipinski definition) is 0. The molecule has 22 heavy (non-hydrogen) atoms. The zero-order valence-corrected chi connectivity index (χ0v) is 12.7. The SMILES string of the molecule is COc1cc(/C=C\C(=O)c2ccncc2)cc(OC)c1OC. The van der Waals surface area contributed by atoms with Crippen LogP contribution in [0.1, 0.15) is 15.9 Å². The Morgan fingerprint density at radius 2 is 1.59 bits per heavy atom. The number of aromatic nitrogens is 1.